The van der Waals surface area contributed by atoms with Crippen LogP contribution < -0.4 is 10.6 Å². The molecule has 0 saturated carbocycles. The molecular weight excluding hydrogens is 254 g/mol. The zero-order valence-corrected chi connectivity index (χ0v) is 11.6. The largest absolute Gasteiger partial charge is 0.374 e. The van der Waals surface area contributed by atoms with Crippen molar-refractivity contribution in [3.8, 4) is 6.07 Å². The van der Waals surface area contributed by atoms with Crippen LogP contribution in [0.2, 0.25) is 0 Å². The molecule has 1 aromatic rings. The van der Waals surface area contributed by atoms with Crippen LogP contribution in [0.15, 0.2) is 18.2 Å². The predicted molar refractivity (Wildman–Crippen MR) is 75.0 cm³/mol. The summed E-state index contributed by atoms with van der Waals surface area (Å²) in [5, 5.41) is 14.6. The second-order valence-corrected chi connectivity index (χ2v) is 5.22. The minimum atomic E-state index is -0.427. The van der Waals surface area contributed by atoms with Gasteiger partial charge in [0.1, 0.15) is 6.04 Å². The van der Waals surface area contributed by atoms with Crippen LogP contribution in [0, 0.1) is 11.3 Å². The summed E-state index contributed by atoms with van der Waals surface area (Å²) in [7, 11) is 0. The highest BCUT2D eigenvalue weighted by Crippen LogP contribution is 2.23. The van der Waals surface area contributed by atoms with Crippen molar-refractivity contribution in [2.45, 2.75) is 38.6 Å². The van der Waals surface area contributed by atoms with E-state index in [2.05, 4.69) is 16.7 Å². The first-order valence-corrected chi connectivity index (χ1v) is 6.65. The van der Waals surface area contributed by atoms with Gasteiger partial charge in [0.05, 0.1) is 11.6 Å². The Morgan fingerprint density at radius 1 is 1.40 bits per heavy atom. The SMILES string of the molecule is CC(C)c1ccc(NC2CCC(=O)NC2=O)cc1C#N. The molecule has 104 valence electrons. The van der Waals surface area contributed by atoms with Crippen LogP contribution in [0.4, 0.5) is 5.69 Å². The van der Waals surface area contributed by atoms with E-state index < -0.39 is 6.04 Å². The van der Waals surface area contributed by atoms with Gasteiger partial charge >= 0.3 is 0 Å². The van der Waals surface area contributed by atoms with Gasteiger partial charge in [-0.05, 0) is 30.0 Å². The highest BCUT2D eigenvalue weighted by atomic mass is 16.2. The minimum Gasteiger partial charge on any atom is -0.374 e. The molecule has 20 heavy (non-hydrogen) atoms. The zero-order valence-electron chi connectivity index (χ0n) is 11.6. The minimum absolute atomic E-state index is 0.235. The number of nitrogens with one attached hydrogen (secondary N) is 2. The quantitative estimate of drug-likeness (QED) is 0.823. The fourth-order valence-corrected chi connectivity index (χ4v) is 2.28. The van der Waals surface area contributed by atoms with Crippen LogP contribution in [0.1, 0.15) is 43.7 Å². The fourth-order valence-electron chi connectivity index (χ4n) is 2.28. The summed E-state index contributed by atoms with van der Waals surface area (Å²) in [5.41, 5.74) is 2.32. The monoisotopic (exact) mass is 271 g/mol. The number of benzene rings is 1. The molecule has 0 aliphatic carbocycles. The molecule has 1 aliphatic rings. The second kappa shape index (κ2) is 5.74. The van der Waals surface area contributed by atoms with Gasteiger partial charge in [0.25, 0.3) is 0 Å². The lowest BCUT2D eigenvalue weighted by atomic mass is 9.97. The molecule has 2 amide bonds. The number of nitrogens with zero attached hydrogens (tertiary/aromatic N) is 1. The molecule has 1 heterocycles. The van der Waals surface area contributed by atoms with Gasteiger partial charge in [-0.3, -0.25) is 14.9 Å². The van der Waals surface area contributed by atoms with E-state index in [1.54, 1.807) is 6.07 Å². The molecule has 0 bridgehead atoms. The zero-order chi connectivity index (χ0) is 14.7. The average Bonchev–Trinajstić information content (AvgIpc) is 2.41. The van der Waals surface area contributed by atoms with Gasteiger partial charge in [-0.2, -0.15) is 5.26 Å². The maximum atomic E-state index is 11.7. The molecule has 0 radical (unpaired) electrons. The number of piperidine rings is 1. The van der Waals surface area contributed by atoms with E-state index >= 15 is 0 Å². The molecule has 1 atom stereocenters. The first-order valence-electron chi connectivity index (χ1n) is 6.65. The molecule has 2 rings (SSSR count). The highest BCUT2D eigenvalue weighted by molar-refractivity contribution is 6.01. The summed E-state index contributed by atoms with van der Waals surface area (Å²) in [6.07, 6.45) is 0.803. The standard InChI is InChI=1S/C15H17N3O2/c1-9(2)12-4-3-11(7-10(12)8-16)17-13-5-6-14(19)18-15(13)20/h3-4,7,9,13,17H,5-6H2,1-2H3,(H,18,19,20). The van der Waals surface area contributed by atoms with Gasteiger partial charge < -0.3 is 5.32 Å². The number of carbonyl (C=O) groups is 2. The van der Waals surface area contributed by atoms with Crippen molar-refractivity contribution in [1.82, 2.24) is 5.32 Å². The fraction of sp³-hybridized carbons (Fsp3) is 0.400. The number of carbonyl (C=O) groups excluding carboxylic acids is 2. The van der Waals surface area contributed by atoms with Crippen molar-refractivity contribution in [2.24, 2.45) is 0 Å². The smallest absolute Gasteiger partial charge is 0.249 e. The van der Waals surface area contributed by atoms with E-state index in [4.69, 9.17) is 0 Å². The van der Waals surface area contributed by atoms with E-state index in [1.165, 1.54) is 0 Å². The van der Waals surface area contributed by atoms with Crippen LogP contribution in [-0.2, 0) is 9.59 Å². The number of hydrogen-bond donors (Lipinski definition) is 2. The van der Waals surface area contributed by atoms with Gasteiger partial charge in [-0.1, -0.05) is 19.9 Å². The maximum absolute atomic E-state index is 11.7. The van der Waals surface area contributed by atoms with Gasteiger partial charge in [0.15, 0.2) is 0 Å². The molecule has 1 aliphatic heterocycles. The molecule has 5 heteroatoms. The number of nitriles is 1. The summed E-state index contributed by atoms with van der Waals surface area (Å²) in [6.45, 7) is 4.06. The second-order valence-electron chi connectivity index (χ2n) is 5.22. The Morgan fingerprint density at radius 2 is 2.15 bits per heavy atom. The van der Waals surface area contributed by atoms with Gasteiger partial charge in [0, 0.05) is 12.1 Å². The molecule has 1 fully saturated rings. The first kappa shape index (κ1) is 14.1. The molecule has 1 aromatic carbocycles. The summed E-state index contributed by atoms with van der Waals surface area (Å²) in [6, 6.07) is 7.26. The average molecular weight is 271 g/mol. The molecule has 2 N–H and O–H groups in total. The van der Waals surface area contributed by atoms with Crippen LogP contribution in [-0.4, -0.2) is 17.9 Å². The van der Waals surface area contributed by atoms with Crippen molar-refractivity contribution in [3.05, 3.63) is 29.3 Å². The molecule has 0 spiro atoms. The third-order valence-electron chi connectivity index (χ3n) is 3.38. The molecule has 1 unspecified atom stereocenters. The lowest BCUT2D eigenvalue weighted by Crippen LogP contribution is -2.47. The molecular formula is C15H17N3O2. The third kappa shape index (κ3) is 2.97. The Morgan fingerprint density at radius 3 is 2.75 bits per heavy atom. The lowest BCUT2D eigenvalue weighted by molar-refractivity contribution is -0.133. The van der Waals surface area contributed by atoms with Gasteiger partial charge in [-0.15, -0.1) is 0 Å². The molecule has 5 nitrogen and oxygen atoms in total. The van der Waals surface area contributed by atoms with Gasteiger partial charge in [-0.25, -0.2) is 0 Å². The summed E-state index contributed by atoms with van der Waals surface area (Å²) in [5.74, 6) is -0.275. The number of hydrogen-bond acceptors (Lipinski definition) is 4. The van der Waals surface area contributed by atoms with E-state index in [1.807, 2.05) is 26.0 Å². The van der Waals surface area contributed by atoms with E-state index in [0.717, 1.165) is 11.3 Å². The van der Waals surface area contributed by atoms with Crippen LogP contribution in [0.3, 0.4) is 0 Å². The Bertz CT molecular complexity index is 587. The first-order chi connectivity index (χ1) is 9.51. The number of anilines is 1. The summed E-state index contributed by atoms with van der Waals surface area (Å²) in [4.78, 5) is 22.8. The number of imide groups is 1. The van der Waals surface area contributed by atoms with Crippen molar-refractivity contribution in [1.29, 1.82) is 5.26 Å². The van der Waals surface area contributed by atoms with Crippen molar-refractivity contribution >= 4 is 17.5 Å². The normalized spacial score (nSPS) is 18.6. The Labute approximate surface area is 118 Å². The third-order valence-corrected chi connectivity index (χ3v) is 3.38. The highest BCUT2D eigenvalue weighted by Gasteiger charge is 2.26. The van der Waals surface area contributed by atoms with Crippen molar-refractivity contribution in [2.75, 3.05) is 5.32 Å². The van der Waals surface area contributed by atoms with Crippen molar-refractivity contribution in [3.63, 3.8) is 0 Å². The van der Waals surface area contributed by atoms with Crippen LogP contribution >= 0.6 is 0 Å². The van der Waals surface area contributed by atoms with E-state index in [-0.39, 0.29) is 17.7 Å². The Balaban J connectivity index is 2.16. The molecule has 0 aromatic heterocycles. The van der Waals surface area contributed by atoms with Gasteiger partial charge in [0.2, 0.25) is 11.8 Å². The predicted octanol–water partition coefficient (Wildman–Crippen LogP) is 1.90. The molecule has 1 saturated heterocycles. The Hall–Kier alpha value is -2.35. The summed E-state index contributed by atoms with van der Waals surface area (Å²) >= 11 is 0. The Kier molecular flexibility index (Phi) is 4.04. The summed E-state index contributed by atoms with van der Waals surface area (Å²) < 4.78 is 0. The van der Waals surface area contributed by atoms with Crippen LogP contribution in [0.5, 0.6) is 0 Å². The number of rotatable bonds is 3. The van der Waals surface area contributed by atoms with E-state index in [0.29, 0.717) is 18.4 Å². The van der Waals surface area contributed by atoms with E-state index in [9.17, 15) is 14.9 Å². The van der Waals surface area contributed by atoms with Crippen LogP contribution in [0.25, 0.3) is 0 Å². The number of amides is 2. The van der Waals surface area contributed by atoms with Crippen molar-refractivity contribution < 1.29 is 9.59 Å². The lowest BCUT2D eigenvalue weighted by Gasteiger charge is -2.23. The topological polar surface area (TPSA) is 82.0 Å². The maximum Gasteiger partial charge on any atom is 0.249 e.